The Morgan fingerprint density at radius 3 is 2.34 bits per heavy atom. The maximum atomic E-state index is 13.4. The number of anilines is 5. The van der Waals surface area contributed by atoms with Crippen LogP contribution in [0.1, 0.15) is 21.5 Å². The van der Waals surface area contributed by atoms with Gasteiger partial charge in [0.15, 0.2) is 5.78 Å². The first-order chi connectivity index (χ1) is 21.3. The number of rotatable bonds is 7. The number of hydrogen-bond donors (Lipinski definition) is 4. The molecule has 2 aliphatic rings. The van der Waals surface area contributed by atoms with Crippen LogP contribution in [0.3, 0.4) is 0 Å². The third kappa shape index (κ3) is 6.44. The average molecular weight is 607 g/mol. The molecule has 0 bridgehead atoms. The number of piperazine rings is 1. The van der Waals surface area contributed by atoms with E-state index in [2.05, 4.69) is 50.2 Å². The van der Waals surface area contributed by atoms with Crippen LogP contribution in [0.25, 0.3) is 5.57 Å². The van der Waals surface area contributed by atoms with E-state index in [1.807, 2.05) is 12.1 Å². The lowest BCUT2D eigenvalue weighted by Gasteiger charge is -2.34. The molecule has 9 nitrogen and oxygen atoms in total. The molecule has 1 saturated heterocycles. The molecule has 222 valence electrons. The molecule has 4 aromatic rings. The molecule has 0 saturated carbocycles. The van der Waals surface area contributed by atoms with Crippen molar-refractivity contribution in [2.75, 3.05) is 59.4 Å². The Labute approximate surface area is 260 Å². The van der Waals surface area contributed by atoms with Crippen LogP contribution in [0.15, 0.2) is 97.2 Å². The normalized spacial score (nSPS) is 15.5. The van der Waals surface area contributed by atoms with E-state index in [9.17, 15) is 14.4 Å². The van der Waals surface area contributed by atoms with Crippen molar-refractivity contribution >= 4 is 63.3 Å². The van der Waals surface area contributed by atoms with Gasteiger partial charge in [-0.25, -0.2) is 4.79 Å². The fourth-order valence-electron chi connectivity index (χ4n) is 5.22. The number of likely N-dealkylation sites (N-methyl/N-ethyl adjacent to an activating group) is 1. The Morgan fingerprint density at radius 1 is 0.818 bits per heavy atom. The van der Waals surface area contributed by atoms with Gasteiger partial charge in [0.05, 0.1) is 16.3 Å². The Morgan fingerprint density at radius 2 is 1.57 bits per heavy atom. The van der Waals surface area contributed by atoms with Crippen molar-refractivity contribution < 1.29 is 14.4 Å². The lowest BCUT2D eigenvalue weighted by atomic mass is 9.99. The highest BCUT2D eigenvalue weighted by Crippen LogP contribution is 2.33. The summed E-state index contributed by atoms with van der Waals surface area (Å²) in [6.07, 6.45) is 1.69. The second kappa shape index (κ2) is 12.6. The molecule has 2 heterocycles. The van der Waals surface area contributed by atoms with Gasteiger partial charge in [-0.1, -0.05) is 48.0 Å². The number of para-hydroxylation sites is 1. The Bertz CT molecular complexity index is 1760. The number of amides is 3. The summed E-state index contributed by atoms with van der Waals surface area (Å²) in [7, 11) is 2.14. The van der Waals surface area contributed by atoms with Crippen LogP contribution >= 0.6 is 11.6 Å². The van der Waals surface area contributed by atoms with Crippen LogP contribution in [-0.2, 0) is 4.79 Å². The van der Waals surface area contributed by atoms with Gasteiger partial charge in [0, 0.05) is 71.8 Å². The van der Waals surface area contributed by atoms with Crippen LogP contribution in [-0.4, -0.2) is 55.8 Å². The highest BCUT2D eigenvalue weighted by Gasteiger charge is 2.25. The molecule has 0 aromatic heterocycles. The third-order valence-corrected chi connectivity index (χ3v) is 8.02. The molecule has 4 N–H and O–H groups in total. The van der Waals surface area contributed by atoms with E-state index in [0.717, 1.165) is 31.9 Å². The van der Waals surface area contributed by atoms with Gasteiger partial charge in [-0.3, -0.25) is 9.59 Å². The van der Waals surface area contributed by atoms with Gasteiger partial charge >= 0.3 is 6.03 Å². The van der Waals surface area contributed by atoms with Gasteiger partial charge in [-0.15, -0.1) is 0 Å². The number of carbonyl (C=O) groups is 3. The van der Waals surface area contributed by atoms with Gasteiger partial charge < -0.3 is 31.1 Å². The molecule has 2 aliphatic heterocycles. The van der Waals surface area contributed by atoms with Crippen LogP contribution in [0.5, 0.6) is 0 Å². The lowest BCUT2D eigenvalue weighted by Crippen LogP contribution is -2.44. The molecular formula is C34H31ClN6O3. The maximum absolute atomic E-state index is 13.4. The number of nitrogens with one attached hydrogen (secondary N) is 4. The minimum Gasteiger partial charge on any atom is -0.369 e. The largest absolute Gasteiger partial charge is 0.369 e. The average Bonchev–Trinajstić information content (AvgIpc) is 3.35. The summed E-state index contributed by atoms with van der Waals surface area (Å²) in [4.78, 5) is 43.4. The summed E-state index contributed by atoms with van der Waals surface area (Å²) in [5, 5.41) is 11.9. The van der Waals surface area contributed by atoms with Crippen LogP contribution in [0.4, 0.5) is 33.2 Å². The van der Waals surface area contributed by atoms with Gasteiger partial charge in [-0.2, -0.15) is 0 Å². The highest BCUT2D eigenvalue weighted by molar-refractivity contribution is 6.34. The van der Waals surface area contributed by atoms with Crippen molar-refractivity contribution in [3.05, 3.63) is 119 Å². The first-order valence-corrected chi connectivity index (χ1v) is 14.7. The van der Waals surface area contributed by atoms with Crippen LogP contribution in [0.2, 0.25) is 5.02 Å². The zero-order valence-electron chi connectivity index (χ0n) is 24.1. The van der Waals surface area contributed by atoms with Gasteiger partial charge in [-0.05, 0) is 61.6 Å². The molecule has 10 heteroatoms. The molecule has 6 rings (SSSR count). The molecule has 3 amide bonds. The smallest absolute Gasteiger partial charge is 0.323 e. The molecule has 44 heavy (non-hydrogen) atoms. The fourth-order valence-corrected chi connectivity index (χ4v) is 5.40. The minimum atomic E-state index is -0.484. The van der Waals surface area contributed by atoms with E-state index in [1.54, 1.807) is 72.9 Å². The van der Waals surface area contributed by atoms with Gasteiger partial charge in [0.2, 0.25) is 0 Å². The van der Waals surface area contributed by atoms with E-state index in [0.29, 0.717) is 44.3 Å². The Kier molecular flexibility index (Phi) is 8.31. The summed E-state index contributed by atoms with van der Waals surface area (Å²) >= 11 is 6.12. The van der Waals surface area contributed by atoms with Gasteiger partial charge in [0.1, 0.15) is 0 Å². The molecule has 0 unspecified atom stereocenters. The van der Waals surface area contributed by atoms with Crippen molar-refractivity contribution in [1.82, 2.24) is 4.90 Å². The van der Waals surface area contributed by atoms with E-state index < -0.39 is 6.03 Å². The molecule has 0 aliphatic carbocycles. The second-order valence-corrected chi connectivity index (χ2v) is 11.1. The topological polar surface area (TPSA) is 106 Å². The molecule has 0 radical (unpaired) electrons. The third-order valence-electron chi connectivity index (χ3n) is 7.69. The standard InChI is InChI=1S/C34H31ClN6O3/c1-40-15-17-41(18-16-40)26-12-10-24(11-13-26)36-21-28-27-14-9-23(20-31(27)38-33(28)43)32(42)22-5-4-6-25(19-22)37-34(44)39-30-8-3-2-7-29(30)35/h2-14,19-21,36H,15-18H2,1H3,(H,38,43)(H2,37,39,44). The monoisotopic (exact) mass is 606 g/mol. The number of ketones is 1. The second-order valence-electron chi connectivity index (χ2n) is 10.7. The van der Waals surface area contributed by atoms with Crippen LogP contribution in [0, 0.1) is 0 Å². The zero-order chi connectivity index (χ0) is 30.6. The molecule has 1 fully saturated rings. The quantitative estimate of drug-likeness (QED) is 0.144. The number of fused-ring (bicyclic) bond motifs is 1. The predicted molar refractivity (Wildman–Crippen MR) is 177 cm³/mol. The Balaban J connectivity index is 1.12. The van der Waals surface area contributed by atoms with Crippen molar-refractivity contribution in [3.8, 4) is 0 Å². The lowest BCUT2D eigenvalue weighted by molar-refractivity contribution is -0.110. The van der Waals surface area contributed by atoms with E-state index in [4.69, 9.17) is 11.6 Å². The molecule has 4 aromatic carbocycles. The maximum Gasteiger partial charge on any atom is 0.323 e. The van der Waals surface area contributed by atoms with E-state index in [1.165, 1.54) is 5.69 Å². The zero-order valence-corrected chi connectivity index (χ0v) is 24.8. The van der Waals surface area contributed by atoms with Gasteiger partial charge in [0.25, 0.3) is 5.91 Å². The number of nitrogens with zero attached hydrogens (tertiary/aromatic N) is 2. The molecular weight excluding hydrogens is 576 g/mol. The number of benzene rings is 4. The summed E-state index contributed by atoms with van der Waals surface area (Å²) in [6.45, 7) is 4.08. The number of halogens is 1. The Hall–Kier alpha value is -5.12. The van der Waals surface area contributed by atoms with Crippen molar-refractivity contribution in [2.24, 2.45) is 0 Å². The van der Waals surface area contributed by atoms with E-state index >= 15 is 0 Å². The first-order valence-electron chi connectivity index (χ1n) is 14.3. The molecule has 0 atom stereocenters. The number of carbonyl (C=O) groups excluding carboxylic acids is 3. The molecule has 0 spiro atoms. The first kappa shape index (κ1) is 29.0. The SMILES string of the molecule is CN1CCN(c2ccc(NC=C3C(=O)Nc4cc(C(=O)c5cccc(NC(=O)Nc6ccccc6Cl)c5)ccc43)cc2)CC1. The van der Waals surface area contributed by atoms with E-state index in [-0.39, 0.29) is 11.7 Å². The number of hydrogen-bond acceptors (Lipinski definition) is 6. The minimum absolute atomic E-state index is 0.242. The van der Waals surface area contributed by atoms with Crippen molar-refractivity contribution in [1.29, 1.82) is 0 Å². The van der Waals surface area contributed by atoms with Crippen molar-refractivity contribution in [2.45, 2.75) is 0 Å². The fraction of sp³-hybridized carbons (Fsp3) is 0.147. The van der Waals surface area contributed by atoms with Crippen molar-refractivity contribution in [3.63, 3.8) is 0 Å². The summed E-state index contributed by atoms with van der Waals surface area (Å²) < 4.78 is 0. The highest BCUT2D eigenvalue weighted by atomic mass is 35.5. The summed E-state index contributed by atoms with van der Waals surface area (Å²) in [5.74, 6) is -0.491. The van der Waals surface area contributed by atoms with Crippen LogP contribution < -0.4 is 26.2 Å². The summed E-state index contributed by atoms with van der Waals surface area (Å²) in [5.41, 5.74) is 5.53. The summed E-state index contributed by atoms with van der Waals surface area (Å²) in [6, 6.07) is 26.4. The predicted octanol–water partition coefficient (Wildman–Crippen LogP) is 6.37. The number of urea groups is 1.